The van der Waals surface area contributed by atoms with Crippen molar-refractivity contribution < 1.29 is 4.21 Å². The first-order valence-corrected chi connectivity index (χ1v) is 7.43. The third-order valence-electron chi connectivity index (χ3n) is 2.82. The maximum absolute atomic E-state index is 12.3. The van der Waals surface area contributed by atoms with Crippen LogP contribution in [0.4, 0.5) is 0 Å². The lowest BCUT2D eigenvalue weighted by molar-refractivity contribution is 0.682. The molecule has 2 nitrogen and oxygen atoms in total. The highest BCUT2D eigenvalue weighted by Crippen LogP contribution is 2.19. The van der Waals surface area contributed by atoms with Crippen LogP contribution in [-0.4, -0.2) is 4.21 Å². The second kappa shape index (κ2) is 6.01. The molecule has 0 saturated heterocycles. The Hall–Kier alpha value is -1.63. The van der Waals surface area contributed by atoms with E-state index < -0.39 is 10.8 Å². The summed E-state index contributed by atoms with van der Waals surface area (Å²) in [6.07, 6.45) is 0. The van der Waals surface area contributed by atoms with Gasteiger partial charge in [0.05, 0.1) is 28.2 Å². The summed E-state index contributed by atoms with van der Waals surface area (Å²) in [6.45, 7) is 1.92. The maximum Gasteiger partial charge on any atom is 0.0991 e. The Morgan fingerprint density at radius 3 is 2.68 bits per heavy atom. The van der Waals surface area contributed by atoms with Crippen molar-refractivity contribution in [2.24, 2.45) is 0 Å². The summed E-state index contributed by atoms with van der Waals surface area (Å²) in [7, 11) is -1.13. The topological polar surface area (TPSA) is 40.9 Å². The fraction of sp³-hybridized carbons (Fsp3) is 0.133. The molecule has 0 saturated carbocycles. The van der Waals surface area contributed by atoms with Gasteiger partial charge in [0.15, 0.2) is 0 Å². The van der Waals surface area contributed by atoms with E-state index in [1.807, 2.05) is 19.1 Å². The van der Waals surface area contributed by atoms with Gasteiger partial charge in [0.25, 0.3) is 0 Å². The minimum absolute atomic E-state index is 0.428. The summed E-state index contributed by atoms with van der Waals surface area (Å²) in [5, 5.41) is 9.40. The van der Waals surface area contributed by atoms with Crippen LogP contribution in [0.5, 0.6) is 0 Å². The van der Waals surface area contributed by atoms with Gasteiger partial charge in [-0.1, -0.05) is 23.7 Å². The predicted octanol–water partition coefficient (Wildman–Crippen LogP) is 3.83. The van der Waals surface area contributed by atoms with Crippen LogP contribution in [-0.2, 0) is 16.6 Å². The molecular weight excluding hydrogens is 278 g/mol. The van der Waals surface area contributed by atoms with Gasteiger partial charge in [-0.3, -0.25) is 4.21 Å². The molecule has 0 bridgehead atoms. The van der Waals surface area contributed by atoms with E-state index in [-0.39, 0.29) is 0 Å². The smallest absolute Gasteiger partial charge is 0.0991 e. The van der Waals surface area contributed by atoms with E-state index in [0.29, 0.717) is 16.3 Å². The number of hydrogen-bond donors (Lipinski definition) is 0. The van der Waals surface area contributed by atoms with Crippen LogP contribution in [0.1, 0.15) is 16.7 Å². The van der Waals surface area contributed by atoms with E-state index >= 15 is 0 Å². The molecule has 0 heterocycles. The molecule has 0 amide bonds. The van der Waals surface area contributed by atoms with Crippen LogP contribution in [0.25, 0.3) is 0 Å². The van der Waals surface area contributed by atoms with Crippen molar-refractivity contribution >= 4 is 22.4 Å². The van der Waals surface area contributed by atoms with Crippen molar-refractivity contribution in [3.05, 3.63) is 64.2 Å². The molecule has 2 aromatic carbocycles. The van der Waals surface area contributed by atoms with E-state index in [1.165, 1.54) is 0 Å². The second-order valence-electron chi connectivity index (χ2n) is 4.20. The molecule has 0 radical (unpaired) electrons. The Kier molecular flexibility index (Phi) is 4.36. The third kappa shape index (κ3) is 3.44. The lowest BCUT2D eigenvalue weighted by atomic mass is 10.1. The average molecular weight is 290 g/mol. The number of benzene rings is 2. The Labute approximate surface area is 120 Å². The number of nitrogens with zero attached hydrogens (tertiary/aromatic N) is 1. The van der Waals surface area contributed by atoms with Gasteiger partial charge in [-0.15, -0.1) is 0 Å². The van der Waals surface area contributed by atoms with Crippen LogP contribution >= 0.6 is 11.6 Å². The van der Waals surface area contributed by atoms with Gasteiger partial charge in [-0.2, -0.15) is 5.26 Å². The third-order valence-corrected chi connectivity index (χ3v) is 4.41. The Morgan fingerprint density at radius 2 is 2.05 bits per heavy atom. The van der Waals surface area contributed by atoms with Gasteiger partial charge in [0, 0.05) is 9.92 Å². The van der Waals surface area contributed by atoms with Gasteiger partial charge in [0.1, 0.15) is 0 Å². The summed E-state index contributed by atoms with van der Waals surface area (Å²) in [6, 6.07) is 14.6. The maximum atomic E-state index is 12.3. The number of aryl methyl sites for hydroxylation is 1. The molecule has 2 aromatic rings. The normalized spacial score (nSPS) is 11.8. The molecule has 0 spiro atoms. The van der Waals surface area contributed by atoms with Crippen molar-refractivity contribution in [2.45, 2.75) is 17.6 Å². The lowest BCUT2D eigenvalue weighted by Gasteiger charge is -2.06. The second-order valence-corrected chi connectivity index (χ2v) is 6.09. The Morgan fingerprint density at radius 1 is 1.26 bits per heavy atom. The van der Waals surface area contributed by atoms with Crippen LogP contribution in [0.3, 0.4) is 0 Å². The van der Waals surface area contributed by atoms with Gasteiger partial charge in [0.2, 0.25) is 0 Å². The summed E-state index contributed by atoms with van der Waals surface area (Å²) >= 11 is 5.89. The largest absolute Gasteiger partial charge is 0.254 e. The van der Waals surface area contributed by atoms with Crippen molar-refractivity contribution in [2.75, 3.05) is 0 Å². The van der Waals surface area contributed by atoms with E-state index in [0.717, 1.165) is 16.0 Å². The summed E-state index contributed by atoms with van der Waals surface area (Å²) in [5.41, 5.74) is 2.58. The van der Waals surface area contributed by atoms with Crippen LogP contribution < -0.4 is 0 Å². The molecular formula is C15H12ClNOS. The first-order chi connectivity index (χ1) is 9.10. The van der Waals surface area contributed by atoms with Gasteiger partial charge < -0.3 is 0 Å². The van der Waals surface area contributed by atoms with Gasteiger partial charge in [-0.05, 0) is 48.4 Å². The van der Waals surface area contributed by atoms with Crippen LogP contribution in [0.2, 0.25) is 5.02 Å². The number of rotatable bonds is 3. The summed E-state index contributed by atoms with van der Waals surface area (Å²) < 4.78 is 12.3. The lowest BCUT2D eigenvalue weighted by Crippen LogP contribution is -1.99. The minimum Gasteiger partial charge on any atom is -0.254 e. The molecule has 1 unspecified atom stereocenters. The molecule has 0 fully saturated rings. The van der Waals surface area contributed by atoms with Crippen LogP contribution in [0.15, 0.2) is 47.4 Å². The highest BCUT2D eigenvalue weighted by atomic mass is 35.5. The monoisotopic (exact) mass is 289 g/mol. The molecule has 0 aliphatic heterocycles. The zero-order chi connectivity index (χ0) is 13.8. The van der Waals surface area contributed by atoms with E-state index in [4.69, 9.17) is 16.9 Å². The fourth-order valence-electron chi connectivity index (χ4n) is 1.76. The molecule has 2 rings (SSSR count). The van der Waals surface area contributed by atoms with Crippen molar-refractivity contribution in [3.8, 4) is 6.07 Å². The highest BCUT2D eigenvalue weighted by Gasteiger charge is 2.08. The zero-order valence-electron chi connectivity index (χ0n) is 10.4. The summed E-state index contributed by atoms with van der Waals surface area (Å²) in [5.74, 6) is 0.428. The first-order valence-electron chi connectivity index (χ1n) is 5.74. The minimum atomic E-state index is -1.13. The van der Waals surface area contributed by atoms with E-state index in [1.54, 1.807) is 30.3 Å². The number of halogens is 1. The molecule has 0 aromatic heterocycles. The highest BCUT2D eigenvalue weighted by molar-refractivity contribution is 7.84. The standard InChI is InChI=1S/C15H12ClNOS/c1-11-7-12(9-17)5-6-13(11)10-19(18)15-4-2-3-14(16)8-15/h2-8H,10H2,1H3. The quantitative estimate of drug-likeness (QED) is 0.861. The zero-order valence-corrected chi connectivity index (χ0v) is 12.0. The van der Waals surface area contributed by atoms with Crippen molar-refractivity contribution in [1.29, 1.82) is 5.26 Å². The number of nitriles is 1. The predicted molar refractivity (Wildman–Crippen MR) is 77.5 cm³/mol. The van der Waals surface area contributed by atoms with Gasteiger partial charge >= 0.3 is 0 Å². The van der Waals surface area contributed by atoms with Crippen molar-refractivity contribution in [3.63, 3.8) is 0 Å². The van der Waals surface area contributed by atoms with Crippen molar-refractivity contribution in [1.82, 2.24) is 0 Å². The molecule has 19 heavy (non-hydrogen) atoms. The average Bonchev–Trinajstić information content (AvgIpc) is 2.41. The molecule has 0 N–H and O–H groups in total. The molecule has 0 aliphatic rings. The van der Waals surface area contributed by atoms with E-state index in [9.17, 15) is 4.21 Å². The molecule has 96 valence electrons. The molecule has 4 heteroatoms. The Balaban J connectivity index is 2.22. The molecule has 1 atom stereocenters. The van der Waals surface area contributed by atoms with Crippen LogP contribution in [0, 0.1) is 18.3 Å². The fourth-order valence-corrected chi connectivity index (χ4v) is 3.28. The number of hydrogen-bond acceptors (Lipinski definition) is 2. The first kappa shape index (κ1) is 13.8. The van der Waals surface area contributed by atoms with E-state index in [2.05, 4.69) is 6.07 Å². The SMILES string of the molecule is Cc1cc(C#N)ccc1CS(=O)c1cccc(Cl)c1. The van der Waals surface area contributed by atoms with Gasteiger partial charge in [-0.25, -0.2) is 0 Å². The molecule has 0 aliphatic carbocycles. The summed E-state index contributed by atoms with van der Waals surface area (Å²) in [4.78, 5) is 0.719. The Bertz CT molecular complexity index is 676.